The molecule has 0 aliphatic carbocycles. The highest BCUT2D eigenvalue weighted by atomic mass is 16.6. The second-order valence-electron chi connectivity index (χ2n) is 23.4. The Labute approximate surface area is 419 Å². The maximum absolute atomic E-state index is 12.5. The van der Waals surface area contributed by atoms with E-state index >= 15 is 0 Å². The first kappa shape index (κ1) is 55.8. The van der Waals surface area contributed by atoms with E-state index in [0.29, 0.717) is 31.6 Å². The quantitative estimate of drug-likeness (QED) is 0.0814. The van der Waals surface area contributed by atoms with Crippen LogP contribution in [-0.4, -0.2) is 79.2 Å². The van der Waals surface area contributed by atoms with Crippen LogP contribution in [-0.2, 0) is 39.9 Å². The Morgan fingerprint density at radius 3 is 1.61 bits per heavy atom. The zero-order chi connectivity index (χ0) is 51.3. The zero-order valence-corrected chi connectivity index (χ0v) is 44.2. The number of nitrogens with one attached hydrogen (secondary N) is 3. The molecular formula is C58H84N4O8. The van der Waals surface area contributed by atoms with Crippen LogP contribution >= 0.6 is 0 Å². The van der Waals surface area contributed by atoms with E-state index in [1.807, 2.05) is 102 Å². The first-order valence-electron chi connectivity index (χ1n) is 25.2. The lowest BCUT2D eigenvalue weighted by Crippen LogP contribution is -2.50. The number of rotatable bonds is 13. The average molecular weight is 965 g/mol. The second kappa shape index (κ2) is 24.8. The molecule has 12 heteroatoms. The SMILES string of the molecule is CC(C)(C)Cc1ccc2c(c1)[C@@H](N)CCO2.CC(C)(C)Cc1ccc2c(c1)[C@@H](NC[C@@H](O)[C@H](Cc1ccccc1)NC(=O)OC(C)(C)C)CCO2.CC(C)(C)OC(=O)N[C@@H](Cc1ccccc1)C1CO1. The summed E-state index contributed by atoms with van der Waals surface area (Å²) in [4.78, 5) is 24.3. The number of amides is 2. The number of fused-ring (bicyclic) bond motifs is 2. The molecule has 0 spiro atoms. The van der Waals surface area contributed by atoms with Gasteiger partial charge in [-0.05, 0) is 112 Å². The van der Waals surface area contributed by atoms with E-state index in [2.05, 4.69) is 93.9 Å². The van der Waals surface area contributed by atoms with Gasteiger partial charge in [-0.2, -0.15) is 0 Å². The monoisotopic (exact) mass is 965 g/mol. The van der Waals surface area contributed by atoms with Crippen LogP contribution in [0.3, 0.4) is 0 Å². The number of alkyl carbamates (subject to hydrolysis) is 2. The Kier molecular flexibility index (Phi) is 19.8. The van der Waals surface area contributed by atoms with Gasteiger partial charge in [-0.1, -0.05) is 126 Å². The van der Waals surface area contributed by atoms with Gasteiger partial charge in [0.25, 0.3) is 0 Å². The number of hydrogen-bond donors (Lipinski definition) is 5. The number of hydrogen-bond acceptors (Lipinski definition) is 10. The van der Waals surface area contributed by atoms with Crippen LogP contribution < -0.4 is 31.2 Å². The molecule has 0 aromatic heterocycles. The van der Waals surface area contributed by atoms with E-state index in [4.69, 9.17) is 29.4 Å². The Morgan fingerprint density at radius 1 is 0.643 bits per heavy atom. The van der Waals surface area contributed by atoms with Crippen molar-refractivity contribution in [3.05, 3.63) is 130 Å². The Morgan fingerprint density at radius 2 is 1.11 bits per heavy atom. The van der Waals surface area contributed by atoms with Gasteiger partial charge in [0.2, 0.25) is 0 Å². The molecule has 384 valence electrons. The lowest BCUT2D eigenvalue weighted by Gasteiger charge is -2.31. The largest absolute Gasteiger partial charge is 0.493 e. The van der Waals surface area contributed by atoms with Crippen molar-refractivity contribution in [1.29, 1.82) is 0 Å². The maximum Gasteiger partial charge on any atom is 0.407 e. The molecule has 0 radical (unpaired) electrons. The fourth-order valence-electron chi connectivity index (χ4n) is 8.48. The maximum atomic E-state index is 12.5. The molecule has 1 fully saturated rings. The van der Waals surface area contributed by atoms with Crippen LogP contribution in [0.5, 0.6) is 11.5 Å². The van der Waals surface area contributed by atoms with Crippen molar-refractivity contribution in [1.82, 2.24) is 16.0 Å². The van der Waals surface area contributed by atoms with Crippen molar-refractivity contribution in [2.75, 3.05) is 26.4 Å². The molecule has 3 aliphatic heterocycles. The van der Waals surface area contributed by atoms with E-state index in [9.17, 15) is 14.7 Å². The van der Waals surface area contributed by atoms with Gasteiger partial charge in [-0.15, -0.1) is 0 Å². The number of benzene rings is 4. The molecule has 1 saturated heterocycles. The van der Waals surface area contributed by atoms with Crippen LogP contribution in [0.4, 0.5) is 9.59 Å². The van der Waals surface area contributed by atoms with E-state index in [-0.39, 0.29) is 35.7 Å². The summed E-state index contributed by atoms with van der Waals surface area (Å²) in [7, 11) is 0. The summed E-state index contributed by atoms with van der Waals surface area (Å²) < 4.78 is 27.5. The molecule has 3 aliphatic rings. The number of carbonyl (C=O) groups excluding carboxylic acids is 2. The van der Waals surface area contributed by atoms with Crippen molar-refractivity contribution in [3.63, 3.8) is 0 Å². The zero-order valence-electron chi connectivity index (χ0n) is 44.2. The van der Waals surface area contributed by atoms with Crippen LogP contribution in [0.15, 0.2) is 97.1 Å². The molecule has 12 nitrogen and oxygen atoms in total. The van der Waals surface area contributed by atoms with Crippen molar-refractivity contribution >= 4 is 12.2 Å². The molecule has 4 aromatic carbocycles. The molecule has 4 aromatic rings. The van der Waals surface area contributed by atoms with Crippen molar-refractivity contribution in [3.8, 4) is 11.5 Å². The Balaban J connectivity index is 0.000000218. The third kappa shape index (κ3) is 20.3. The summed E-state index contributed by atoms with van der Waals surface area (Å²) in [6, 6.07) is 32.5. The van der Waals surface area contributed by atoms with Gasteiger partial charge in [-0.3, -0.25) is 0 Å². The normalized spacial score (nSPS) is 18.7. The molecule has 0 saturated carbocycles. The molecular weight excluding hydrogens is 881 g/mol. The van der Waals surface area contributed by atoms with Gasteiger partial charge in [0.1, 0.15) is 28.8 Å². The molecule has 7 rings (SSSR count). The van der Waals surface area contributed by atoms with Crippen LogP contribution in [0.2, 0.25) is 0 Å². The Bertz CT molecular complexity index is 2240. The average Bonchev–Trinajstić information content (AvgIpc) is 4.11. The Hall–Kier alpha value is -5.14. The highest BCUT2D eigenvalue weighted by molar-refractivity contribution is 5.68. The molecule has 3 heterocycles. The minimum Gasteiger partial charge on any atom is -0.493 e. The third-order valence-corrected chi connectivity index (χ3v) is 11.6. The van der Waals surface area contributed by atoms with E-state index < -0.39 is 29.4 Å². The van der Waals surface area contributed by atoms with Crippen LogP contribution in [0.25, 0.3) is 0 Å². The summed E-state index contributed by atoms with van der Waals surface area (Å²) in [6.45, 7) is 26.9. The van der Waals surface area contributed by atoms with Crippen molar-refractivity contribution in [2.45, 2.75) is 169 Å². The predicted molar refractivity (Wildman–Crippen MR) is 279 cm³/mol. The second-order valence-corrected chi connectivity index (χ2v) is 23.4. The fraction of sp³-hybridized carbons (Fsp3) is 0.552. The molecule has 2 amide bonds. The van der Waals surface area contributed by atoms with E-state index in [1.165, 1.54) is 22.3 Å². The van der Waals surface area contributed by atoms with Crippen LogP contribution in [0, 0.1) is 10.8 Å². The fourth-order valence-corrected chi connectivity index (χ4v) is 8.48. The number of epoxide rings is 1. The van der Waals surface area contributed by atoms with E-state index in [0.717, 1.165) is 61.3 Å². The van der Waals surface area contributed by atoms with Gasteiger partial charge in [0.05, 0.1) is 38.0 Å². The summed E-state index contributed by atoms with van der Waals surface area (Å²) in [5, 5.41) is 20.5. The highest BCUT2D eigenvalue weighted by Gasteiger charge is 2.35. The molecule has 1 unspecified atom stereocenters. The summed E-state index contributed by atoms with van der Waals surface area (Å²) in [5.41, 5.74) is 12.7. The summed E-state index contributed by atoms with van der Waals surface area (Å²) in [6.07, 6.45) is 3.45. The minimum atomic E-state index is -0.799. The third-order valence-electron chi connectivity index (χ3n) is 11.6. The van der Waals surface area contributed by atoms with Gasteiger partial charge in [-0.25, -0.2) is 9.59 Å². The van der Waals surface area contributed by atoms with Gasteiger partial charge < -0.3 is 50.5 Å². The van der Waals surface area contributed by atoms with Crippen molar-refractivity contribution in [2.24, 2.45) is 16.6 Å². The van der Waals surface area contributed by atoms with Crippen molar-refractivity contribution < 1.29 is 38.4 Å². The number of nitrogens with two attached hydrogens (primary N) is 1. The van der Waals surface area contributed by atoms with E-state index in [1.54, 1.807) is 0 Å². The number of aliphatic hydroxyl groups excluding tert-OH is 1. The van der Waals surface area contributed by atoms with Crippen LogP contribution in [0.1, 0.15) is 141 Å². The standard InChI is InChI=1S/C29H42N2O4.C15H21NO3.C14H21NO/c1-28(2,3)18-21-12-13-26-22(16-21)23(14-15-34-26)30-19-25(32)24(17-20-10-8-7-9-11-20)31-27(33)35-29(4,5)6;1-15(2,3)19-14(17)16-12(13-10-18-13)9-11-7-5-4-6-8-11;1-14(2,3)9-10-4-5-13-11(8-10)12(15)6-7-16-13/h7-13,16,23-25,30,32H,14-15,17-19H2,1-6H3,(H,31,33);4-8,12-13H,9-10H2,1-3H3,(H,16,17);4-5,8,12H,6-7,9,15H2,1-3H3/t23-,24-,25+;12-,13?;12-/m000/s1. The number of aliphatic hydroxyl groups is 1. The highest BCUT2D eigenvalue weighted by Crippen LogP contribution is 2.35. The summed E-state index contributed by atoms with van der Waals surface area (Å²) in [5.74, 6) is 1.87. The molecule has 6 N–H and O–H groups in total. The number of carbonyl (C=O) groups is 2. The minimum absolute atomic E-state index is 0.0303. The first-order chi connectivity index (χ1) is 32.8. The first-order valence-corrected chi connectivity index (χ1v) is 25.2. The topological polar surface area (TPSA) is 166 Å². The number of ether oxygens (including phenoxy) is 5. The van der Waals surface area contributed by atoms with Gasteiger partial charge in [0, 0.05) is 42.6 Å². The lowest BCUT2D eigenvalue weighted by atomic mass is 9.86. The molecule has 6 atom stereocenters. The van der Waals surface area contributed by atoms with Gasteiger partial charge in [0.15, 0.2) is 0 Å². The smallest absolute Gasteiger partial charge is 0.407 e. The molecule has 70 heavy (non-hydrogen) atoms. The lowest BCUT2D eigenvalue weighted by molar-refractivity contribution is 0.0417. The molecule has 0 bridgehead atoms. The predicted octanol–water partition coefficient (Wildman–Crippen LogP) is 10.8. The summed E-state index contributed by atoms with van der Waals surface area (Å²) >= 11 is 0. The van der Waals surface area contributed by atoms with Gasteiger partial charge >= 0.3 is 12.2 Å².